The normalized spacial score (nSPS) is 20.0. The van der Waals surface area contributed by atoms with Crippen LogP contribution in [0.4, 0.5) is 0 Å². The molecule has 0 amide bonds. The quantitative estimate of drug-likeness (QED) is 0.843. The SMILES string of the molecule is COC(=O)c1ccc(COC2CCCC2c2ccc(O)cc2)cc1. The lowest BCUT2D eigenvalue weighted by Crippen LogP contribution is -2.16. The van der Waals surface area contributed by atoms with E-state index in [2.05, 4.69) is 0 Å². The van der Waals surface area contributed by atoms with Crippen molar-refractivity contribution in [3.63, 3.8) is 0 Å². The molecule has 0 radical (unpaired) electrons. The van der Waals surface area contributed by atoms with Gasteiger partial charge in [0.25, 0.3) is 0 Å². The van der Waals surface area contributed by atoms with Crippen LogP contribution >= 0.6 is 0 Å². The van der Waals surface area contributed by atoms with E-state index in [0.717, 1.165) is 24.8 Å². The first-order valence-electron chi connectivity index (χ1n) is 8.25. The van der Waals surface area contributed by atoms with Crippen molar-refractivity contribution < 1.29 is 19.4 Å². The molecular weight excluding hydrogens is 304 g/mol. The van der Waals surface area contributed by atoms with Crippen LogP contribution in [0.5, 0.6) is 5.75 Å². The van der Waals surface area contributed by atoms with E-state index in [1.807, 2.05) is 24.3 Å². The van der Waals surface area contributed by atoms with Gasteiger partial charge < -0.3 is 14.6 Å². The molecule has 0 aromatic heterocycles. The van der Waals surface area contributed by atoms with Gasteiger partial charge in [-0.2, -0.15) is 0 Å². The monoisotopic (exact) mass is 326 g/mol. The van der Waals surface area contributed by atoms with Crippen LogP contribution in [0.2, 0.25) is 0 Å². The second-order valence-corrected chi connectivity index (χ2v) is 6.17. The Morgan fingerprint density at radius 2 is 1.79 bits per heavy atom. The lowest BCUT2D eigenvalue weighted by atomic mass is 9.95. The summed E-state index contributed by atoms with van der Waals surface area (Å²) in [6.45, 7) is 0.528. The maximum absolute atomic E-state index is 11.4. The number of aromatic hydroxyl groups is 1. The van der Waals surface area contributed by atoms with Crippen LogP contribution in [0.15, 0.2) is 48.5 Å². The zero-order valence-electron chi connectivity index (χ0n) is 13.8. The van der Waals surface area contributed by atoms with Crippen LogP contribution in [0.25, 0.3) is 0 Å². The summed E-state index contributed by atoms with van der Waals surface area (Å²) in [5.41, 5.74) is 2.81. The lowest BCUT2D eigenvalue weighted by molar-refractivity contribution is 0.0342. The molecule has 0 saturated heterocycles. The van der Waals surface area contributed by atoms with E-state index in [4.69, 9.17) is 9.47 Å². The van der Waals surface area contributed by atoms with Crippen LogP contribution in [0, 0.1) is 0 Å². The highest BCUT2D eigenvalue weighted by molar-refractivity contribution is 5.89. The molecule has 2 atom stereocenters. The van der Waals surface area contributed by atoms with Gasteiger partial charge in [0.2, 0.25) is 0 Å². The molecular formula is C20H22O4. The van der Waals surface area contributed by atoms with Crippen LogP contribution in [0.1, 0.15) is 46.7 Å². The molecule has 0 heterocycles. The molecule has 4 nitrogen and oxygen atoms in total. The van der Waals surface area contributed by atoms with E-state index in [0.29, 0.717) is 23.8 Å². The highest BCUT2D eigenvalue weighted by Gasteiger charge is 2.29. The molecule has 126 valence electrons. The molecule has 0 spiro atoms. The summed E-state index contributed by atoms with van der Waals surface area (Å²) in [7, 11) is 1.38. The first-order valence-corrected chi connectivity index (χ1v) is 8.25. The van der Waals surface area contributed by atoms with Crippen LogP contribution in [0.3, 0.4) is 0 Å². The van der Waals surface area contributed by atoms with Gasteiger partial charge in [0, 0.05) is 5.92 Å². The van der Waals surface area contributed by atoms with Crippen molar-refractivity contribution >= 4 is 5.97 Å². The molecule has 1 fully saturated rings. The van der Waals surface area contributed by atoms with Gasteiger partial charge >= 0.3 is 5.97 Å². The van der Waals surface area contributed by atoms with E-state index in [1.54, 1.807) is 24.3 Å². The van der Waals surface area contributed by atoms with Gasteiger partial charge in [-0.15, -0.1) is 0 Å². The molecule has 0 bridgehead atoms. The lowest BCUT2D eigenvalue weighted by Gasteiger charge is -2.21. The van der Waals surface area contributed by atoms with Crippen LogP contribution in [-0.4, -0.2) is 24.3 Å². The molecule has 2 unspecified atom stereocenters. The van der Waals surface area contributed by atoms with Gasteiger partial charge in [0.05, 0.1) is 25.4 Å². The molecule has 4 heteroatoms. The summed E-state index contributed by atoms with van der Waals surface area (Å²) in [4.78, 5) is 11.4. The number of ether oxygens (including phenoxy) is 2. The van der Waals surface area contributed by atoms with Crippen molar-refractivity contribution in [2.45, 2.75) is 37.9 Å². The third-order valence-electron chi connectivity index (χ3n) is 4.61. The summed E-state index contributed by atoms with van der Waals surface area (Å²) < 4.78 is 10.8. The Labute approximate surface area is 142 Å². The predicted octanol–water partition coefficient (Wildman–Crippen LogP) is 4.03. The Kier molecular flexibility index (Phi) is 5.16. The molecule has 2 aromatic carbocycles. The number of rotatable bonds is 5. The Bertz CT molecular complexity index is 676. The molecule has 1 aliphatic carbocycles. The van der Waals surface area contributed by atoms with Crippen LogP contribution < -0.4 is 0 Å². The number of hydrogen-bond donors (Lipinski definition) is 1. The summed E-state index contributed by atoms with van der Waals surface area (Å²) in [5, 5.41) is 9.43. The molecule has 1 saturated carbocycles. The fourth-order valence-corrected chi connectivity index (χ4v) is 3.29. The largest absolute Gasteiger partial charge is 0.508 e. The smallest absolute Gasteiger partial charge is 0.337 e. The van der Waals surface area contributed by atoms with Gasteiger partial charge in [-0.3, -0.25) is 0 Å². The summed E-state index contributed by atoms with van der Waals surface area (Å²) >= 11 is 0. The number of phenolic OH excluding ortho intramolecular Hbond substituents is 1. The van der Waals surface area contributed by atoms with Gasteiger partial charge in [0.1, 0.15) is 5.75 Å². The highest BCUT2D eigenvalue weighted by Crippen LogP contribution is 2.37. The minimum absolute atomic E-state index is 0.190. The van der Waals surface area contributed by atoms with Gasteiger partial charge in [-0.25, -0.2) is 4.79 Å². The van der Waals surface area contributed by atoms with Crippen molar-refractivity contribution in [2.75, 3.05) is 7.11 Å². The second kappa shape index (κ2) is 7.49. The number of benzene rings is 2. The standard InChI is InChI=1S/C20H22O4/c1-23-20(22)16-7-5-14(6-8-16)13-24-19-4-2-3-18(19)15-9-11-17(21)12-10-15/h5-12,18-19,21H,2-4,13H2,1H3. The number of phenols is 1. The Morgan fingerprint density at radius 1 is 1.08 bits per heavy atom. The first-order chi connectivity index (χ1) is 11.7. The number of carbonyl (C=O) groups excluding carboxylic acids is 1. The Balaban J connectivity index is 1.61. The number of hydrogen-bond acceptors (Lipinski definition) is 4. The molecule has 1 N–H and O–H groups in total. The number of carbonyl (C=O) groups is 1. The Morgan fingerprint density at radius 3 is 2.46 bits per heavy atom. The van der Waals surface area contributed by atoms with Crippen LogP contribution in [-0.2, 0) is 16.1 Å². The van der Waals surface area contributed by atoms with E-state index in [9.17, 15) is 9.90 Å². The third-order valence-corrected chi connectivity index (χ3v) is 4.61. The summed E-state index contributed by atoms with van der Waals surface area (Å²) in [6, 6.07) is 14.7. The summed E-state index contributed by atoms with van der Waals surface area (Å²) in [5.74, 6) is 0.338. The Hall–Kier alpha value is -2.33. The topological polar surface area (TPSA) is 55.8 Å². The molecule has 24 heavy (non-hydrogen) atoms. The van der Waals surface area contributed by atoms with Crippen molar-refractivity contribution in [2.24, 2.45) is 0 Å². The highest BCUT2D eigenvalue weighted by atomic mass is 16.5. The number of esters is 1. The third kappa shape index (κ3) is 3.77. The molecule has 2 aromatic rings. The van der Waals surface area contributed by atoms with Crippen molar-refractivity contribution in [3.8, 4) is 5.75 Å². The minimum atomic E-state index is -0.328. The van der Waals surface area contributed by atoms with Crippen molar-refractivity contribution in [3.05, 3.63) is 65.2 Å². The van der Waals surface area contributed by atoms with Crippen molar-refractivity contribution in [1.82, 2.24) is 0 Å². The summed E-state index contributed by atoms with van der Waals surface area (Å²) in [6.07, 6.45) is 3.50. The average Bonchev–Trinajstić information content (AvgIpc) is 3.09. The predicted molar refractivity (Wildman–Crippen MR) is 91.1 cm³/mol. The second-order valence-electron chi connectivity index (χ2n) is 6.17. The van der Waals surface area contributed by atoms with Crippen molar-refractivity contribution in [1.29, 1.82) is 0 Å². The fraction of sp³-hybridized carbons (Fsp3) is 0.350. The average molecular weight is 326 g/mol. The number of methoxy groups -OCH3 is 1. The van der Waals surface area contributed by atoms with E-state index in [1.165, 1.54) is 12.7 Å². The molecule has 0 aliphatic heterocycles. The first kappa shape index (κ1) is 16.5. The van der Waals surface area contributed by atoms with Gasteiger partial charge in [-0.05, 0) is 48.2 Å². The minimum Gasteiger partial charge on any atom is -0.508 e. The zero-order chi connectivity index (χ0) is 16.9. The van der Waals surface area contributed by atoms with Gasteiger partial charge in [0.15, 0.2) is 0 Å². The molecule has 3 rings (SSSR count). The zero-order valence-corrected chi connectivity index (χ0v) is 13.8. The fourth-order valence-electron chi connectivity index (χ4n) is 3.29. The maximum Gasteiger partial charge on any atom is 0.337 e. The maximum atomic E-state index is 11.4. The van der Waals surface area contributed by atoms with E-state index in [-0.39, 0.29) is 12.1 Å². The van der Waals surface area contributed by atoms with Gasteiger partial charge in [-0.1, -0.05) is 30.7 Å². The van der Waals surface area contributed by atoms with E-state index >= 15 is 0 Å². The van der Waals surface area contributed by atoms with E-state index < -0.39 is 0 Å². The molecule has 1 aliphatic rings.